The monoisotopic (exact) mass is 422 g/mol. The van der Waals surface area contributed by atoms with Crippen molar-refractivity contribution in [2.45, 2.75) is 56.2 Å². The average Bonchev–Trinajstić information content (AvgIpc) is 3.52. The van der Waals surface area contributed by atoms with Crippen molar-refractivity contribution in [3.8, 4) is 5.75 Å². The van der Waals surface area contributed by atoms with E-state index in [0.29, 0.717) is 31.0 Å². The Labute approximate surface area is 173 Å². The van der Waals surface area contributed by atoms with E-state index in [1.807, 2.05) is 23.1 Å². The van der Waals surface area contributed by atoms with Gasteiger partial charge >= 0.3 is 0 Å². The number of nitrogens with zero attached hydrogens (tertiary/aromatic N) is 2. The molecule has 1 aliphatic carbocycles. The van der Waals surface area contributed by atoms with Gasteiger partial charge in [0.2, 0.25) is 10.0 Å². The molecule has 1 aromatic rings. The Hall–Kier alpha value is -1.64. The molecule has 2 aliphatic heterocycles. The molecule has 1 saturated carbocycles. The number of sulfonamides is 1. The van der Waals surface area contributed by atoms with E-state index in [2.05, 4.69) is 0 Å². The number of amides is 1. The maximum Gasteiger partial charge on any atom is 0.253 e. The van der Waals surface area contributed by atoms with Crippen molar-refractivity contribution in [1.82, 2.24) is 9.21 Å². The third kappa shape index (κ3) is 4.44. The standard InChI is InChI=1S/C21H30N2O5S/c1-27-19-5-3-4-16(14-19)20(24)22-11-9-21(10-12-22)15-18(8-13-28-21)23(17-6-7-17)29(2,25)26/h3-5,14,17-18H,6-13,15H2,1-2H3. The predicted octanol–water partition coefficient (Wildman–Crippen LogP) is 2.27. The Morgan fingerprint density at radius 2 is 1.93 bits per heavy atom. The van der Waals surface area contributed by atoms with Crippen LogP contribution in [0.15, 0.2) is 24.3 Å². The zero-order valence-corrected chi connectivity index (χ0v) is 18.0. The number of carbonyl (C=O) groups excluding carboxylic acids is 1. The summed E-state index contributed by atoms with van der Waals surface area (Å²) in [6.45, 7) is 1.81. The number of hydrogen-bond donors (Lipinski definition) is 0. The fourth-order valence-electron chi connectivity index (χ4n) is 4.79. The van der Waals surface area contributed by atoms with Gasteiger partial charge in [-0.1, -0.05) is 6.07 Å². The fourth-order valence-corrected chi connectivity index (χ4v) is 6.27. The van der Waals surface area contributed by atoms with Gasteiger partial charge in [0.15, 0.2) is 0 Å². The first-order valence-electron chi connectivity index (χ1n) is 10.4. The molecular formula is C21H30N2O5S. The van der Waals surface area contributed by atoms with Crippen molar-refractivity contribution in [2.75, 3.05) is 33.1 Å². The Morgan fingerprint density at radius 3 is 2.55 bits per heavy atom. The Morgan fingerprint density at radius 1 is 1.21 bits per heavy atom. The second kappa shape index (κ2) is 7.89. The van der Waals surface area contributed by atoms with Crippen molar-refractivity contribution in [2.24, 2.45) is 0 Å². The van der Waals surface area contributed by atoms with Gasteiger partial charge in [-0.15, -0.1) is 0 Å². The van der Waals surface area contributed by atoms with Crippen LogP contribution in [0.3, 0.4) is 0 Å². The summed E-state index contributed by atoms with van der Waals surface area (Å²) in [7, 11) is -1.63. The summed E-state index contributed by atoms with van der Waals surface area (Å²) in [5.74, 6) is 0.672. The molecule has 29 heavy (non-hydrogen) atoms. The van der Waals surface area contributed by atoms with Crippen LogP contribution in [-0.2, 0) is 14.8 Å². The summed E-state index contributed by atoms with van der Waals surface area (Å²) in [4.78, 5) is 14.7. The maximum absolute atomic E-state index is 12.9. The topological polar surface area (TPSA) is 76.2 Å². The molecule has 1 aromatic carbocycles. The van der Waals surface area contributed by atoms with Crippen LogP contribution < -0.4 is 4.74 Å². The van der Waals surface area contributed by atoms with Gasteiger partial charge in [0.1, 0.15) is 5.75 Å². The lowest BCUT2D eigenvalue weighted by Crippen LogP contribution is -2.55. The van der Waals surface area contributed by atoms with Crippen LogP contribution in [0.2, 0.25) is 0 Å². The minimum absolute atomic E-state index is 0.00172. The highest BCUT2D eigenvalue weighted by atomic mass is 32.2. The third-order valence-electron chi connectivity index (χ3n) is 6.40. The minimum Gasteiger partial charge on any atom is -0.497 e. The lowest BCUT2D eigenvalue weighted by atomic mass is 9.82. The van der Waals surface area contributed by atoms with Crippen LogP contribution in [0.1, 0.15) is 48.9 Å². The molecule has 0 radical (unpaired) electrons. The molecule has 7 nitrogen and oxygen atoms in total. The number of hydrogen-bond acceptors (Lipinski definition) is 5. The molecule has 0 N–H and O–H groups in total. The molecule has 1 spiro atoms. The van der Waals surface area contributed by atoms with E-state index in [4.69, 9.17) is 9.47 Å². The van der Waals surface area contributed by atoms with Crippen molar-refractivity contribution >= 4 is 15.9 Å². The van der Waals surface area contributed by atoms with E-state index in [-0.39, 0.29) is 23.6 Å². The lowest BCUT2D eigenvalue weighted by molar-refractivity contribution is -0.123. The van der Waals surface area contributed by atoms with Crippen molar-refractivity contribution in [3.05, 3.63) is 29.8 Å². The molecule has 2 saturated heterocycles. The summed E-state index contributed by atoms with van der Waals surface area (Å²) < 4.78 is 37.9. The summed E-state index contributed by atoms with van der Waals surface area (Å²) in [6.07, 6.45) is 6.18. The van der Waals surface area contributed by atoms with Crippen LogP contribution >= 0.6 is 0 Å². The lowest BCUT2D eigenvalue weighted by Gasteiger charge is -2.48. The molecule has 4 rings (SSSR count). The quantitative estimate of drug-likeness (QED) is 0.728. The van der Waals surface area contributed by atoms with E-state index in [1.165, 1.54) is 6.26 Å². The van der Waals surface area contributed by atoms with E-state index in [1.54, 1.807) is 17.5 Å². The largest absolute Gasteiger partial charge is 0.497 e. The van der Waals surface area contributed by atoms with Crippen molar-refractivity contribution in [1.29, 1.82) is 0 Å². The number of methoxy groups -OCH3 is 1. The Kier molecular flexibility index (Phi) is 5.61. The molecular weight excluding hydrogens is 392 g/mol. The van der Waals surface area contributed by atoms with E-state index >= 15 is 0 Å². The number of benzene rings is 1. The number of piperidine rings is 1. The maximum atomic E-state index is 12.9. The third-order valence-corrected chi connectivity index (χ3v) is 7.76. The molecule has 1 unspecified atom stereocenters. The van der Waals surface area contributed by atoms with Gasteiger partial charge in [0.25, 0.3) is 5.91 Å². The highest BCUT2D eigenvalue weighted by Crippen LogP contribution is 2.41. The number of rotatable bonds is 5. The highest BCUT2D eigenvalue weighted by Gasteiger charge is 2.47. The average molecular weight is 423 g/mol. The zero-order chi connectivity index (χ0) is 20.6. The first kappa shape index (κ1) is 20.6. The van der Waals surface area contributed by atoms with Crippen LogP contribution in [0.5, 0.6) is 5.75 Å². The molecule has 3 aliphatic rings. The summed E-state index contributed by atoms with van der Waals surface area (Å²) in [5, 5.41) is 0. The number of carbonyl (C=O) groups is 1. The molecule has 160 valence electrons. The molecule has 2 heterocycles. The minimum atomic E-state index is -3.22. The van der Waals surface area contributed by atoms with Gasteiger partial charge < -0.3 is 14.4 Å². The fraction of sp³-hybridized carbons (Fsp3) is 0.667. The normalized spacial score (nSPS) is 24.7. The van der Waals surface area contributed by atoms with Crippen molar-refractivity contribution in [3.63, 3.8) is 0 Å². The van der Waals surface area contributed by atoms with Gasteiger partial charge in [-0.3, -0.25) is 4.79 Å². The summed E-state index contributed by atoms with van der Waals surface area (Å²) in [5.41, 5.74) is 0.297. The first-order valence-corrected chi connectivity index (χ1v) is 12.2. The zero-order valence-electron chi connectivity index (χ0n) is 17.2. The molecule has 8 heteroatoms. The number of likely N-dealkylation sites (tertiary alicyclic amines) is 1. The van der Waals surface area contributed by atoms with E-state index in [0.717, 1.165) is 38.5 Å². The Bertz CT molecular complexity index is 860. The predicted molar refractivity (Wildman–Crippen MR) is 110 cm³/mol. The molecule has 1 atom stereocenters. The molecule has 1 amide bonds. The SMILES string of the molecule is COc1cccc(C(=O)N2CCC3(CC2)CC(N(C2CC2)S(C)(=O)=O)CCO3)c1. The summed E-state index contributed by atoms with van der Waals surface area (Å²) >= 11 is 0. The molecule has 0 bridgehead atoms. The highest BCUT2D eigenvalue weighted by molar-refractivity contribution is 7.88. The van der Waals surface area contributed by atoms with Crippen LogP contribution in [0.25, 0.3) is 0 Å². The van der Waals surface area contributed by atoms with Gasteiger partial charge in [0.05, 0.1) is 19.0 Å². The first-order chi connectivity index (χ1) is 13.8. The van der Waals surface area contributed by atoms with Crippen LogP contribution in [-0.4, -0.2) is 74.3 Å². The van der Waals surface area contributed by atoms with E-state index in [9.17, 15) is 13.2 Å². The second-order valence-electron chi connectivity index (χ2n) is 8.53. The molecule has 0 aromatic heterocycles. The van der Waals surface area contributed by atoms with Gasteiger partial charge in [0, 0.05) is 37.3 Å². The van der Waals surface area contributed by atoms with Gasteiger partial charge in [-0.2, -0.15) is 4.31 Å². The van der Waals surface area contributed by atoms with Gasteiger partial charge in [-0.25, -0.2) is 8.42 Å². The van der Waals surface area contributed by atoms with Crippen LogP contribution in [0.4, 0.5) is 0 Å². The number of ether oxygens (including phenoxy) is 2. The smallest absolute Gasteiger partial charge is 0.253 e. The van der Waals surface area contributed by atoms with Crippen LogP contribution in [0, 0.1) is 0 Å². The summed E-state index contributed by atoms with van der Waals surface area (Å²) in [6, 6.07) is 7.39. The van der Waals surface area contributed by atoms with E-state index < -0.39 is 10.0 Å². The van der Waals surface area contributed by atoms with Crippen molar-refractivity contribution < 1.29 is 22.7 Å². The van der Waals surface area contributed by atoms with Gasteiger partial charge in [-0.05, 0) is 56.7 Å². The Balaban J connectivity index is 1.42. The second-order valence-corrected chi connectivity index (χ2v) is 10.4. The molecule has 3 fully saturated rings.